The molecule has 9 heteroatoms. The molecule has 0 aliphatic carbocycles. The van der Waals surface area contributed by atoms with Gasteiger partial charge in [-0.1, -0.05) is 18.2 Å². The summed E-state index contributed by atoms with van der Waals surface area (Å²) in [6.07, 6.45) is 0.510. The maximum atomic E-state index is 13.3. The molecule has 180 valence electrons. The van der Waals surface area contributed by atoms with Crippen LogP contribution >= 0.6 is 0 Å². The molecular formula is C26H25FN4O3S. The fourth-order valence-electron chi connectivity index (χ4n) is 4.51. The number of para-hydroxylation sites is 1. The fourth-order valence-corrected chi connectivity index (χ4v) is 5.98. The van der Waals surface area contributed by atoms with Crippen molar-refractivity contribution < 1.29 is 17.6 Å². The van der Waals surface area contributed by atoms with Gasteiger partial charge < -0.3 is 4.90 Å². The summed E-state index contributed by atoms with van der Waals surface area (Å²) in [5.74, 6) is 0.185. The molecule has 1 aliphatic heterocycles. The van der Waals surface area contributed by atoms with Gasteiger partial charge in [-0.3, -0.25) is 9.36 Å². The van der Waals surface area contributed by atoms with E-state index in [9.17, 15) is 17.6 Å². The molecule has 0 atom stereocenters. The molecule has 0 bridgehead atoms. The monoisotopic (exact) mass is 492 g/mol. The molecule has 35 heavy (non-hydrogen) atoms. The van der Waals surface area contributed by atoms with Crippen molar-refractivity contribution in [1.82, 2.24) is 18.8 Å². The number of aryl methyl sites for hydroxylation is 1. The maximum Gasteiger partial charge on any atom is 0.253 e. The fraction of sp³-hybridized carbons (Fsp3) is 0.231. The molecule has 1 amide bonds. The zero-order chi connectivity index (χ0) is 24.6. The number of hydrogen-bond acceptors (Lipinski definition) is 4. The lowest BCUT2D eigenvalue weighted by molar-refractivity contribution is 0.0764. The van der Waals surface area contributed by atoms with Gasteiger partial charge in [-0.15, -0.1) is 0 Å². The molecule has 1 fully saturated rings. The number of fused-ring (bicyclic) bond motifs is 1. The molecule has 0 radical (unpaired) electrons. The highest BCUT2D eigenvalue weighted by atomic mass is 32.2. The van der Waals surface area contributed by atoms with Crippen LogP contribution in [0.4, 0.5) is 4.39 Å². The molecular weight excluding hydrogens is 467 g/mol. The summed E-state index contributed by atoms with van der Waals surface area (Å²) in [4.78, 5) is 19.7. The van der Waals surface area contributed by atoms with Gasteiger partial charge in [-0.25, -0.2) is 17.8 Å². The van der Waals surface area contributed by atoms with E-state index in [1.165, 1.54) is 16.4 Å². The largest absolute Gasteiger partial charge is 0.337 e. The quantitative estimate of drug-likeness (QED) is 0.431. The van der Waals surface area contributed by atoms with Crippen molar-refractivity contribution in [3.63, 3.8) is 0 Å². The molecule has 1 aromatic heterocycles. The average molecular weight is 493 g/mol. The number of carbonyl (C=O) groups is 1. The third-order valence-corrected chi connectivity index (χ3v) is 8.19. The Morgan fingerprint density at radius 2 is 1.66 bits per heavy atom. The zero-order valence-electron chi connectivity index (χ0n) is 19.3. The number of carbonyl (C=O) groups excluding carboxylic acids is 1. The highest BCUT2D eigenvalue weighted by Gasteiger charge is 2.29. The van der Waals surface area contributed by atoms with E-state index in [0.29, 0.717) is 25.1 Å². The highest BCUT2D eigenvalue weighted by molar-refractivity contribution is 7.89. The number of sulfonamides is 1. The summed E-state index contributed by atoms with van der Waals surface area (Å²) in [5.41, 5.74) is 3.16. The van der Waals surface area contributed by atoms with Crippen LogP contribution in [0.2, 0.25) is 0 Å². The van der Waals surface area contributed by atoms with Crippen LogP contribution in [0.5, 0.6) is 0 Å². The number of benzene rings is 3. The van der Waals surface area contributed by atoms with Crippen LogP contribution in [0.15, 0.2) is 77.7 Å². The third-order valence-electron chi connectivity index (χ3n) is 6.28. The van der Waals surface area contributed by atoms with Crippen molar-refractivity contribution in [3.8, 4) is 5.69 Å². The zero-order valence-corrected chi connectivity index (χ0v) is 20.1. The van der Waals surface area contributed by atoms with Crippen molar-refractivity contribution in [1.29, 1.82) is 0 Å². The smallest absolute Gasteiger partial charge is 0.253 e. The number of hydrogen-bond donors (Lipinski definition) is 0. The van der Waals surface area contributed by atoms with Crippen LogP contribution < -0.4 is 0 Å². The molecule has 0 spiro atoms. The second kappa shape index (κ2) is 9.24. The first kappa shape index (κ1) is 23.2. The molecule has 0 saturated carbocycles. The van der Waals surface area contributed by atoms with Gasteiger partial charge in [0.05, 0.1) is 15.9 Å². The van der Waals surface area contributed by atoms with E-state index in [2.05, 4.69) is 4.98 Å². The van der Waals surface area contributed by atoms with E-state index >= 15 is 0 Å². The van der Waals surface area contributed by atoms with E-state index in [0.717, 1.165) is 34.7 Å². The van der Waals surface area contributed by atoms with Gasteiger partial charge in [0.25, 0.3) is 5.91 Å². The van der Waals surface area contributed by atoms with E-state index in [4.69, 9.17) is 0 Å². The topological polar surface area (TPSA) is 75.5 Å². The normalized spacial score (nSPS) is 15.3. The standard InChI is InChI=1S/C26H25FN4O3S/c1-19-28-24-18-20(8-13-25(24)31(19)22-6-3-2-4-7-22)26(32)29-14-5-15-30(17-16-29)35(33,34)23-11-9-21(27)10-12-23/h2-4,6-13,18H,5,14-17H2,1H3. The third kappa shape index (κ3) is 4.44. The molecule has 4 aromatic rings. The summed E-state index contributed by atoms with van der Waals surface area (Å²) in [6, 6.07) is 20.2. The Hall–Kier alpha value is -3.56. The number of amides is 1. The van der Waals surface area contributed by atoms with Crippen molar-refractivity contribution in [2.75, 3.05) is 26.2 Å². The molecule has 7 nitrogen and oxygen atoms in total. The maximum absolute atomic E-state index is 13.3. The van der Waals surface area contributed by atoms with Gasteiger partial charge in [0.15, 0.2) is 0 Å². The highest BCUT2D eigenvalue weighted by Crippen LogP contribution is 2.24. The Labute approximate surface area is 203 Å². The average Bonchev–Trinajstić information content (AvgIpc) is 3.01. The molecule has 5 rings (SSSR count). The molecule has 2 heterocycles. The van der Waals surface area contributed by atoms with Crippen LogP contribution in [-0.4, -0.2) is 59.3 Å². The van der Waals surface area contributed by atoms with Crippen molar-refractivity contribution in [2.24, 2.45) is 0 Å². The SMILES string of the molecule is Cc1nc2cc(C(=O)N3CCCN(S(=O)(=O)c4ccc(F)cc4)CC3)ccc2n1-c1ccccc1. The Balaban J connectivity index is 1.35. The first-order valence-electron chi connectivity index (χ1n) is 11.4. The number of nitrogens with zero attached hydrogens (tertiary/aromatic N) is 4. The molecule has 1 saturated heterocycles. The first-order valence-corrected chi connectivity index (χ1v) is 12.9. The predicted octanol–water partition coefficient (Wildman–Crippen LogP) is 4.01. The summed E-state index contributed by atoms with van der Waals surface area (Å²) in [7, 11) is -3.76. The summed E-state index contributed by atoms with van der Waals surface area (Å²) < 4.78 is 42.6. The summed E-state index contributed by atoms with van der Waals surface area (Å²) >= 11 is 0. The van der Waals surface area contributed by atoms with Gasteiger partial charge in [-0.2, -0.15) is 4.31 Å². The second-order valence-corrected chi connectivity index (χ2v) is 10.5. The first-order chi connectivity index (χ1) is 16.8. The van der Waals surface area contributed by atoms with Crippen LogP contribution in [0.3, 0.4) is 0 Å². The van der Waals surface area contributed by atoms with Crippen LogP contribution in [0.1, 0.15) is 22.6 Å². The van der Waals surface area contributed by atoms with Gasteiger partial charge in [-0.05, 0) is 67.9 Å². The van der Waals surface area contributed by atoms with Gasteiger partial charge in [0, 0.05) is 37.4 Å². The lowest BCUT2D eigenvalue weighted by Gasteiger charge is -2.22. The number of aromatic nitrogens is 2. The molecule has 3 aromatic carbocycles. The lowest BCUT2D eigenvalue weighted by Crippen LogP contribution is -2.37. The van der Waals surface area contributed by atoms with Crippen molar-refractivity contribution >= 4 is 27.0 Å². The van der Waals surface area contributed by atoms with E-state index in [1.54, 1.807) is 17.0 Å². The molecule has 0 N–H and O–H groups in total. The number of rotatable bonds is 4. The minimum atomic E-state index is -3.76. The van der Waals surface area contributed by atoms with Crippen LogP contribution in [-0.2, 0) is 10.0 Å². The van der Waals surface area contributed by atoms with E-state index in [1.807, 2.05) is 47.9 Å². The molecule has 0 unspecified atom stereocenters. The Morgan fingerprint density at radius 3 is 2.40 bits per heavy atom. The van der Waals surface area contributed by atoms with Gasteiger partial charge >= 0.3 is 0 Å². The van der Waals surface area contributed by atoms with E-state index in [-0.39, 0.29) is 23.9 Å². The van der Waals surface area contributed by atoms with Gasteiger partial charge in [0.1, 0.15) is 11.6 Å². The summed E-state index contributed by atoms with van der Waals surface area (Å²) in [5, 5.41) is 0. The minimum Gasteiger partial charge on any atom is -0.337 e. The Morgan fingerprint density at radius 1 is 0.914 bits per heavy atom. The number of imidazole rings is 1. The molecule has 1 aliphatic rings. The Kier molecular flexibility index (Phi) is 6.12. The van der Waals surface area contributed by atoms with E-state index < -0.39 is 15.8 Å². The van der Waals surface area contributed by atoms with Crippen LogP contribution in [0.25, 0.3) is 16.7 Å². The van der Waals surface area contributed by atoms with Gasteiger partial charge in [0.2, 0.25) is 10.0 Å². The lowest BCUT2D eigenvalue weighted by atomic mass is 10.1. The summed E-state index contributed by atoms with van der Waals surface area (Å²) in [6.45, 7) is 3.12. The Bertz CT molecular complexity index is 1480. The second-order valence-electron chi connectivity index (χ2n) is 8.54. The number of halogens is 1. The van der Waals surface area contributed by atoms with Crippen molar-refractivity contribution in [3.05, 3.63) is 90.0 Å². The van der Waals surface area contributed by atoms with Crippen molar-refractivity contribution in [2.45, 2.75) is 18.2 Å². The predicted molar refractivity (Wildman–Crippen MR) is 131 cm³/mol. The minimum absolute atomic E-state index is 0.0495. The van der Waals surface area contributed by atoms with Crippen LogP contribution in [0, 0.1) is 12.7 Å².